The number of H-pyrrole nitrogens is 1. The third kappa shape index (κ3) is 3.96. The molecule has 2 rings (SSSR count). The molecule has 0 radical (unpaired) electrons. The van der Waals surface area contributed by atoms with E-state index in [1.165, 1.54) is 5.56 Å². The lowest BCUT2D eigenvalue weighted by molar-refractivity contribution is 0.292. The van der Waals surface area contributed by atoms with Crippen LogP contribution in [0.15, 0.2) is 30.9 Å². The number of hydrogen-bond donors (Lipinski definition) is 3. The van der Waals surface area contributed by atoms with Crippen molar-refractivity contribution in [3.05, 3.63) is 36.4 Å². The van der Waals surface area contributed by atoms with Gasteiger partial charge in [-0.25, -0.2) is 9.97 Å². The number of rotatable bonds is 7. The first-order valence-electron chi connectivity index (χ1n) is 6.29. The van der Waals surface area contributed by atoms with Crippen LogP contribution in [-0.4, -0.2) is 40.3 Å². The van der Waals surface area contributed by atoms with Crippen LogP contribution >= 0.6 is 0 Å². The van der Waals surface area contributed by atoms with Crippen molar-refractivity contribution in [2.24, 2.45) is 0 Å². The highest BCUT2D eigenvalue weighted by Crippen LogP contribution is 2.15. The molecule has 6 heteroatoms. The molecule has 3 N–H and O–H groups in total. The van der Waals surface area contributed by atoms with Gasteiger partial charge in [-0.3, -0.25) is 0 Å². The fraction of sp³-hybridized carbons (Fsp3) is 0.385. The van der Waals surface area contributed by atoms with E-state index in [0.717, 1.165) is 18.2 Å². The van der Waals surface area contributed by atoms with Crippen molar-refractivity contribution >= 4 is 11.6 Å². The molecule has 102 valence electrons. The number of hydrogen-bond acceptors (Lipinski definition) is 5. The molecule has 0 fully saturated rings. The van der Waals surface area contributed by atoms with Crippen molar-refractivity contribution in [1.29, 1.82) is 0 Å². The monoisotopic (exact) mass is 261 g/mol. The summed E-state index contributed by atoms with van der Waals surface area (Å²) in [4.78, 5) is 13.5. The smallest absolute Gasteiger partial charge is 0.134 e. The number of anilines is 2. The minimum absolute atomic E-state index is 0.179. The Hall–Kier alpha value is -2.08. The molecule has 0 spiro atoms. The molecule has 0 aromatic carbocycles. The number of aliphatic hydroxyl groups is 1. The molecule has 6 nitrogen and oxygen atoms in total. The van der Waals surface area contributed by atoms with Gasteiger partial charge in [0.1, 0.15) is 18.0 Å². The molecule has 0 aliphatic heterocycles. The largest absolute Gasteiger partial charge is 0.396 e. The van der Waals surface area contributed by atoms with Gasteiger partial charge in [0.15, 0.2) is 0 Å². The van der Waals surface area contributed by atoms with Gasteiger partial charge in [-0.05, 0) is 18.1 Å². The predicted molar refractivity (Wildman–Crippen MR) is 75.1 cm³/mol. The second-order valence-corrected chi connectivity index (χ2v) is 4.34. The normalized spacial score (nSPS) is 10.4. The summed E-state index contributed by atoms with van der Waals surface area (Å²) < 4.78 is 0. The van der Waals surface area contributed by atoms with Crippen LogP contribution in [0.4, 0.5) is 11.6 Å². The number of nitrogens with one attached hydrogen (secondary N) is 2. The summed E-state index contributed by atoms with van der Waals surface area (Å²) in [5.74, 6) is 1.64. The first kappa shape index (κ1) is 13.4. The van der Waals surface area contributed by atoms with Gasteiger partial charge >= 0.3 is 0 Å². The lowest BCUT2D eigenvalue weighted by Crippen LogP contribution is -2.18. The van der Waals surface area contributed by atoms with E-state index in [1.807, 2.05) is 31.6 Å². The maximum Gasteiger partial charge on any atom is 0.134 e. The van der Waals surface area contributed by atoms with Crippen molar-refractivity contribution in [2.75, 3.05) is 30.4 Å². The Labute approximate surface area is 112 Å². The van der Waals surface area contributed by atoms with Crippen LogP contribution in [0.2, 0.25) is 0 Å². The molecule has 0 aliphatic carbocycles. The van der Waals surface area contributed by atoms with E-state index < -0.39 is 0 Å². The van der Waals surface area contributed by atoms with E-state index in [-0.39, 0.29) is 6.61 Å². The average Bonchev–Trinajstić information content (AvgIpc) is 2.92. The van der Waals surface area contributed by atoms with Crippen molar-refractivity contribution in [2.45, 2.75) is 13.0 Å². The molecule has 19 heavy (non-hydrogen) atoms. The highest BCUT2D eigenvalue weighted by atomic mass is 16.3. The Kier molecular flexibility index (Phi) is 4.74. The lowest BCUT2D eigenvalue weighted by atomic mass is 10.3. The van der Waals surface area contributed by atoms with Gasteiger partial charge in [0, 0.05) is 45.2 Å². The minimum Gasteiger partial charge on any atom is -0.396 e. The third-order valence-corrected chi connectivity index (χ3v) is 2.77. The molecule has 2 heterocycles. The van der Waals surface area contributed by atoms with Crippen LogP contribution in [0.25, 0.3) is 0 Å². The van der Waals surface area contributed by atoms with E-state index >= 15 is 0 Å². The summed E-state index contributed by atoms with van der Waals surface area (Å²) in [7, 11) is 1.99. The van der Waals surface area contributed by atoms with Crippen LogP contribution in [0.3, 0.4) is 0 Å². The van der Waals surface area contributed by atoms with Gasteiger partial charge in [0.2, 0.25) is 0 Å². The van der Waals surface area contributed by atoms with E-state index in [1.54, 1.807) is 6.33 Å². The molecular formula is C13H19N5O. The van der Waals surface area contributed by atoms with Crippen molar-refractivity contribution < 1.29 is 5.11 Å². The number of nitrogens with zero attached hydrogens (tertiary/aromatic N) is 3. The Morgan fingerprint density at radius 1 is 1.42 bits per heavy atom. The van der Waals surface area contributed by atoms with Gasteiger partial charge in [-0.15, -0.1) is 0 Å². The zero-order valence-corrected chi connectivity index (χ0v) is 11.0. The van der Waals surface area contributed by atoms with E-state index in [0.29, 0.717) is 13.0 Å². The molecule has 0 unspecified atom stereocenters. The van der Waals surface area contributed by atoms with Crippen LogP contribution in [0, 0.1) is 0 Å². The molecule has 0 aliphatic rings. The van der Waals surface area contributed by atoms with E-state index in [4.69, 9.17) is 5.11 Å². The summed E-state index contributed by atoms with van der Waals surface area (Å²) in [6.07, 6.45) is 6.13. The lowest BCUT2D eigenvalue weighted by Gasteiger charge is -2.17. The van der Waals surface area contributed by atoms with Gasteiger partial charge in [-0.2, -0.15) is 0 Å². The standard InChI is InChI=1S/C13H19N5O/c1-18(9-11-3-5-14-8-11)13-7-12(16-10-17-13)15-4-2-6-19/h3,5,7-8,10,14,19H,2,4,6,9H2,1H3,(H,15,16,17). The van der Waals surface area contributed by atoms with Crippen molar-refractivity contribution in [3.63, 3.8) is 0 Å². The van der Waals surface area contributed by atoms with Crippen LogP contribution in [-0.2, 0) is 6.54 Å². The minimum atomic E-state index is 0.179. The SMILES string of the molecule is CN(Cc1cc[nH]c1)c1cc(NCCCO)ncn1. The van der Waals surface area contributed by atoms with Gasteiger partial charge in [-0.1, -0.05) is 0 Å². The van der Waals surface area contributed by atoms with Crippen LogP contribution < -0.4 is 10.2 Å². The number of aromatic amines is 1. The summed E-state index contributed by atoms with van der Waals surface area (Å²) in [6, 6.07) is 3.95. The van der Waals surface area contributed by atoms with E-state index in [9.17, 15) is 0 Å². The maximum absolute atomic E-state index is 8.75. The molecule has 2 aromatic heterocycles. The number of aromatic nitrogens is 3. The van der Waals surface area contributed by atoms with Crippen molar-refractivity contribution in [1.82, 2.24) is 15.0 Å². The van der Waals surface area contributed by atoms with Crippen LogP contribution in [0.1, 0.15) is 12.0 Å². The number of aliphatic hydroxyl groups excluding tert-OH is 1. The molecular weight excluding hydrogens is 242 g/mol. The second kappa shape index (κ2) is 6.75. The Bertz CT molecular complexity index is 486. The second-order valence-electron chi connectivity index (χ2n) is 4.34. The highest BCUT2D eigenvalue weighted by Gasteiger charge is 2.05. The Morgan fingerprint density at radius 2 is 2.32 bits per heavy atom. The topological polar surface area (TPSA) is 77.1 Å². The molecule has 0 saturated heterocycles. The zero-order valence-electron chi connectivity index (χ0n) is 11.0. The third-order valence-electron chi connectivity index (χ3n) is 2.77. The summed E-state index contributed by atoms with van der Waals surface area (Å²) in [5.41, 5.74) is 1.20. The molecule has 2 aromatic rings. The van der Waals surface area contributed by atoms with Crippen LogP contribution in [0.5, 0.6) is 0 Å². The average molecular weight is 261 g/mol. The summed E-state index contributed by atoms with van der Waals surface area (Å²) in [5, 5.41) is 11.9. The summed E-state index contributed by atoms with van der Waals surface area (Å²) in [6.45, 7) is 1.67. The highest BCUT2D eigenvalue weighted by molar-refractivity contribution is 5.48. The maximum atomic E-state index is 8.75. The first-order chi connectivity index (χ1) is 9.29. The van der Waals surface area contributed by atoms with Crippen molar-refractivity contribution in [3.8, 4) is 0 Å². The van der Waals surface area contributed by atoms with Gasteiger partial charge in [0.25, 0.3) is 0 Å². The fourth-order valence-electron chi connectivity index (χ4n) is 1.76. The fourth-order valence-corrected chi connectivity index (χ4v) is 1.76. The quantitative estimate of drug-likeness (QED) is 0.654. The zero-order chi connectivity index (χ0) is 13.5. The summed E-state index contributed by atoms with van der Waals surface area (Å²) >= 11 is 0. The Balaban J connectivity index is 1.97. The molecule has 0 amide bonds. The Morgan fingerprint density at radius 3 is 3.05 bits per heavy atom. The van der Waals surface area contributed by atoms with Gasteiger partial charge in [0.05, 0.1) is 0 Å². The molecule has 0 bridgehead atoms. The molecule has 0 atom stereocenters. The first-order valence-corrected chi connectivity index (χ1v) is 6.29. The van der Waals surface area contributed by atoms with Gasteiger partial charge < -0.3 is 20.3 Å². The predicted octanol–water partition coefficient (Wildman–Crippen LogP) is 1.24. The van der Waals surface area contributed by atoms with E-state index in [2.05, 4.69) is 25.2 Å². The molecule has 0 saturated carbocycles.